The number of halogens is 3. The minimum Gasteiger partial charge on any atom is -0.480 e. The molecule has 514 valence electrons. The van der Waals surface area contributed by atoms with Gasteiger partial charge in [0.2, 0.25) is 11.8 Å². The molecule has 9 N–H and O–H groups in total. The Kier molecular flexibility index (Phi) is 17.0. The van der Waals surface area contributed by atoms with Gasteiger partial charge in [-0.3, -0.25) is 19.2 Å². The zero-order valence-corrected chi connectivity index (χ0v) is 56.8. The van der Waals surface area contributed by atoms with E-state index in [0.29, 0.717) is 105 Å². The first-order valence-corrected chi connectivity index (χ1v) is 36.0. The molecular weight excluding hydrogens is 1290 g/mol. The molecule has 12 saturated carbocycles. The van der Waals surface area contributed by atoms with Gasteiger partial charge in [-0.1, -0.05) is 55.6 Å². The normalized spacial score (nSPS) is 38.9. The Labute approximate surface area is 573 Å². The number of hydrogen-bond acceptors (Lipinski definition) is 15. The molecule has 3 aromatic carbocycles. The van der Waals surface area contributed by atoms with E-state index >= 15 is 0 Å². The number of rotatable bonds is 12. The minimum absolute atomic E-state index is 0.0167. The fourth-order valence-electron chi connectivity index (χ4n) is 18.7. The molecule has 8 atom stereocenters. The Morgan fingerprint density at radius 1 is 0.510 bits per heavy atom. The second-order valence-electron chi connectivity index (χ2n) is 31.5. The Hall–Kier alpha value is -5.97. The molecule has 12 fully saturated rings. The molecule has 3 aliphatic heterocycles. The van der Waals surface area contributed by atoms with Crippen LogP contribution < -0.4 is 35.5 Å². The summed E-state index contributed by atoms with van der Waals surface area (Å²) in [6, 6.07) is 15.1. The van der Waals surface area contributed by atoms with Gasteiger partial charge in [0.15, 0.2) is 18.3 Å². The zero-order chi connectivity index (χ0) is 67.0. The summed E-state index contributed by atoms with van der Waals surface area (Å²) in [5.41, 5.74) is 1.99. The maximum absolute atomic E-state index is 13.2. The summed E-state index contributed by atoms with van der Waals surface area (Å²) < 4.78 is 25.7. The Morgan fingerprint density at radius 2 is 0.938 bits per heavy atom. The van der Waals surface area contributed by atoms with Gasteiger partial charge in [0.1, 0.15) is 23.5 Å². The van der Waals surface area contributed by atoms with Crippen LogP contribution in [-0.4, -0.2) is 116 Å². The van der Waals surface area contributed by atoms with Crippen LogP contribution >= 0.6 is 34.8 Å². The number of carbonyl (C=O) groups is 4. The largest absolute Gasteiger partial charge is 0.480 e. The third-order valence-electron chi connectivity index (χ3n) is 24.6. The van der Waals surface area contributed by atoms with E-state index in [4.69, 9.17) is 63.4 Å². The molecule has 4 amide bonds. The van der Waals surface area contributed by atoms with Crippen molar-refractivity contribution >= 4 is 58.4 Å². The van der Waals surface area contributed by atoms with Gasteiger partial charge in [-0.25, -0.2) is 9.97 Å². The van der Waals surface area contributed by atoms with Crippen molar-refractivity contribution in [3.63, 3.8) is 0 Å². The second-order valence-corrected chi connectivity index (χ2v) is 32.8. The highest BCUT2D eigenvalue weighted by molar-refractivity contribution is 6.31. The second kappa shape index (κ2) is 24.7. The van der Waals surface area contributed by atoms with E-state index in [0.717, 1.165) is 81.2 Å². The molecular formula is C73H88Cl3N7O13. The maximum Gasteiger partial charge on any atom is 0.261 e. The molecule has 5 heterocycles. The molecule has 12 aliphatic carbocycles. The van der Waals surface area contributed by atoms with E-state index < -0.39 is 59.9 Å². The first-order valence-electron chi connectivity index (χ1n) is 34.9. The van der Waals surface area contributed by atoms with Crippen molar-refractivity contribution in [2.24, 2.45) is 23.7 Å². The van der Waals surface area contributed by atoms with Gasteiger partial charge < -0.3 is 70.0 Å². The highest BCUT2D eigenvalue weighted by Crippen LogP contribution is 2.68. The Morgan fingerprint density at radius 3 is 1.39 bits per heavy atom. The number of aliphatic hydroxyl groups excluding tert-OH is 5. The molecule has 15 aliphatic rings. The van der Waals surface area contributed by atoms with Crippen molar-refractivity contribution in [2.75, 3.05) is 0 Å². The van der Waals surface area contributed by atoms with Crippen molar-refractivity contribution in [1.29, 1.82) is 0 Å². The van der Waals surface area contributed by atoms with Crippen molar-refractivity contribution in [1.82, 2.24) is 35.8 Å². The van der Waals surface area contributed by atoms with E-state index in [2.05, 4.69) is 52.8 Å². The number of fused-ring (bicyclic) bond motifs is 9. The van der Waals surface area contributed by atoms with Gasteiger partial charge in [-0.05, 0) is 194 Å². The van der Waals surface area contributed by atoms with Crippen LogP contribution in [0, 0.1) is 23.7 Å². The molecule has 20 nitrogen and oxygen atoms in total. The topological polar surface area (TPSA) is 289 Å². The number of aromatic nitrogens is 3. The smallest absolute Gasteiger partial charge is 0.261 e. The SMILES string of the molecule is CC1CC(C(=O)NC23CCC(NC(=O)C4CC(O)c5cc(Cl)ccc5O4)(CC2)[C@@H](O)C3)C1.CC1CC(c2cn(C34CCC(NC(=O)C5CC(O)c6cc(Cl)ccc6O5)(CC3)[C@@H](O)C4)cn2)C1.CC1CC(c2coc(C34CC(NC(=O)C5CC(O)c6cc(Cl)ccc6O5)(C3)C4)n2)C1. The number of imidazole rings is 1. The number of nitrogens with zero attached hydrogens (tertiary/aromatic N) is 3. The lowest BCUT2D eigenvalue weighted by Gasteiger charge is -2.68. The number of aliphatic hydroxyl groups is 5. The predicted octanol–water partition coefficient (Wildman–Crippen LogP) is 10.5. The summed E-state index contributed by atoms with van der Waals surface area (Å²) in [5.74, 6) is 5.00. The van der Waals surface area contributed by atoms with Crippen molar-refractivity contribution in [3.05, 3.63) is 122 Å². The highest BCUT2D eigenvalue weighted by Gasteiger charge is 2.72. The first kappa shape index (κ1) is 65.9. The number of hydrogen-bond donors (Lipinski definition) is 9. The molecule has 0 radical (unpaired) electrons. The summed E-state index contributed by atoms with van der Waals surface area (Å²) in [6.45, 7) is 6.72. The monoisotopic (exact) mass is 1380 g/mol. The standard InChI is InChI=1S/C26H32ClN3O4.C24H31ClN2O5.C23H25ClN2O4/c1-15-8-16(9-15)19-13-30(14-28-19)25-4-6-26(7-5-25,23(32)12-25)29-24(33)22-11-20(31)18-10-17(27)2-3-21(18)34-22;1-13-8-14(9-13)21(30)26-23-4-6-24(7-5-23,20(29)12-23)27-22(31)19-11-17(28)16-10-15(25)2-3-18(16)32-19;1-12-4-13(5-12)16-8-29-21(25-16)22-9-23(10-22,11-22)26-20(28)19-7-17(27)15-6-14(24)2-3-18(15)30-19/h2-3,10,13-16,20,22-23,31-32H,4-9,11-12H2,1H3,(H,29,33);2-3,10,13-14,17,19-20,28-29H,4-9,11-12H2,1H3,(H,26,30)(H,27,31);2-3,6,8,12-13,17,19,27H,4-5,7,9-11H2,1H3,(H,26,28)/t15?,16?,20?,22?,23-,25?,26?;13?,14?,17?,19?,20-,23?,24?;/m00./s1. The Bertz CT molecular complexity index is 3810. The van der Waals surface area contributed by atoms with Gasteiger partial charge in [0.25, 0.3) is 17.7 Å². The molecule has 6 bridgehead atoms. The van der Waals surface area contributed by atoms with Gasteiger partial charge in [0, 0.05) is 91.6 Å². The minimum atomic E-state index is -0.842. The fourth-order valence-corrected chi connectivity index (χ4v) is 19.2. The fraction of sp³-hybridized carbons (Fsp3) is 0.616. The number of nitrogens with one attached hydrogen (secondary N) is 4. The van der Waals surface area contributed by atoms with Crippen molar-refractivity contribution in [2.45, 2.75) is 256 Å². The van der Waals surface area contributed by atoms with Crippen LogP contribution in [0.15, 0.2) is 77.8 Å². The van der Waals surface area contributed by atoms with Crippen LogP contribution in [0.3, 0.4) is 0 Å². The molecule has 0 spiro atoms. The summed E-state index contributed by atoms with van der Waals surface area (Å²) in [5, 5.41) is 67.9. The van der Waals surface area contributed by atoms with Crippen LogP contribution in [0.1, 0.15) is 226 Å². The summed E-state index contributed by atoms with van der Waals surface area (Å²) in [7, 11) is 0. The average Bonchev–Trinajstić information content (AvgIpc) is 1.00. The van der Waals surface area contributed by atoms with Crippen LogP contribution in [0.2, 0.25) is 15.1 Å². The summed E-state index contributed by atoms with van der Waals surface area (Å²) >= 11 is 18.0. The van der Waals surface area contributed by atoms with Crippen molar-refractivity contribution < 1.29 is 63.3 Å². The van der Waals surface area contributed by atoms with E-state index in [1.807, 2.05) is 12.6 Å². The van der Waals surface area contributed by atoms with Crippen molar-refractivity contribution in [3.8, 4) is 17.2 Å². The van der Waals surface area contributed by atoms with Crippen LogP contribution in [0.4, 0.5) is 0 Å². The third-order valence-corrected chi connectivity index (χ3v) is 25.3. The molecule has 0 saturated heterocycles. The third kappa shape index (κ3) is 12.1. The van der Waals surface area contributed by atoms with Gasteiger partial charge in [-0.2, -0.15) is 0 Å². The van der Waals surface area contributed by atoms with E-state index in [1.165, 1.54) is 31.4 Å². The number of benzene rings is 3. The number of amides is 4. The van der Waals surface area contributed by atoms with E-state index in [1.54, 1.807) is 54.6 Å². The Balaban J connectivity index is 0.000000118. The molecule has 20 rings (SSSR count). The zero-order valence-electron chi connectivity index (χ0n) is 54.5. The van der Waals surface area contributed by atoms with Gasteiger partial charge in [-0.15, -0.1) is 0 Å². The van der Waals surface area contributed by atoms with Gasteiger partial charge in [0.05, 0.1) is 64.7 Å². The highest BCUT2D eigenvalue weighted by atomic mass is 35.5. The molecule has 2 aromatic heterocycles. The van der Waals surface area contributed by atoms with E-state index in [-0.39, 0.29) is 70.8 Å². The summed E-state index contributed by atoms with van der Waals surface area (Å²) in [4.78, 5) is 61.3. The first-order chi connectivity index (χ1) is 45.8. The maximum atomic E-state index is 13.2. The molecule has 23 heteroatoms. The summed E-state index contributed by atoms with van der Waals surface area (Å²) in [6.07, 6.45) is 16.5. The molecule has 6 unspecified atom stereocenters. The van der Waals surface area contributed by atoms with Crippen LogP contribution in [-0.2, 0) is 30.1 Å². The van der Waals surface area contributed by atoms with Crippen LogP contribution in [0.25, 0.3) is 0 Å². The molecule has 5 aromatic rings. The number of carbonyl (C=O) groups excluding carboxylic acids is 4. The number of ether oxygens (including phenoxy) is 3. The predicted molar refractivity (Wildman–Crippen MR) is 354 cm³/mol. The average molecular weight is 1380 g/mol. The van der Waals surface area contributed by atoms with Gasteiger partial charge >= 0.3 is 0 Å². The quantitative estimate of drug-likeness (QED) is 0.0561. The number of oxazole rings is 1. The van der Waals surface area contributed by atoms with E-state index in [9.17, 15) is 44.7 Å². The molecule has 96 heavy (non-hydrogen) atoms. The lowest BCUT2D eigenvalue weighted by Crippen LogP contribution is -2.77. The van der Waals surface area contributed by atoms with Crippen LogP contribution in [0.5, 0.6) is 17.2 Å². The lowest BCUT2D eigenvalue weighted by molar-refractivity contribution is -0.149. The lowest BCUT2D eigenvalue weighted by atomic mass is 9.39.